The minimum atomic E-state index is -0.230. The minimum Gasteiger partial charge on any atom is -0.366 e. The molecule has 1 saturated carbocycles. The summed E-state index contributed by atoms with van der Waals surface area (Å²) >= 11 is 0. The number of likely N-dealkylation sites (N-methyl/N-ethyl adjacent to an activating group) is 1. The molecule has 0 atom stereocenters. The van der Waals surface area contributed by atoms with Gasteiger partial charge in [-0.1, -0.05) is 0 Å². The van der Waals surface area contributed by atoms with Crippen LogP contribution in [0.5, 0.6) is 0 Å². The number of benzene rings is 1. The van der Waals surface area contributed by atoms with Gasteiger partial charge in [-0.2, -0.15) is 0 Å². The van der Waals surface area contributed by atoms with E-state index < -0.39 is 0 Å². The Morgan fingerprint density at radius 3 is 2.34 bits per heavy atom. The lowest BCUT2D eigenvalue weighted by Gasteiger charge is -2.40. The maximum atomic E-state index is 17.1. The van der Waals surface area contributed by atoms with Crippen LogP contribution in [0.4, 0.5) is 21.7 Å². The van der Waals surface area contributed by atoms with Crippen molar-refractivity contribution in [2.75, 3.05) is 69.0 Å². The van der Waals surface area contributed by atoms with E-state index in [4.69, 9.17) is 9.97 Å². The zero-order valence-electron chi connectivity index (χ0n) is 28.7. The summed E-state index contributed by atoms with van der Waals surface area (Å²) in [5, 5.41) is 5.08. The predicted molar refractivity (Wildman–Crippen MR) is 191 cm³/mol. The molecule has 0 amide bonds. The molecule has 47 heavy (non-hydrogen) atoms. The molecule has 0 radical (unpaired) electrons. The molecule has 4 heterocycles. The van der Waals surface area contributed by atoms with Gasteiger partial charge in [0.1, 0.15) is 11.6 Å². The van der Waals surface area contributed by atoms with Crippen LogP contribution >= 0.6 is 0 Å². The van der Waals surface area contributed by atoms with Crippen LogP contribution in [0.2, 0.25) is 0 Å². The molecule has 0 spiro atoms. The maximum absolute atomic E-state index is 17.1. The highest BCUT2D eigenvalue weighted by molar-refractivity contribution is 6.03. The van der Waals surface area contributed by atoms with E-state index in [0.717, 1.165) is 85.3 Å². The summed E-state index contributed by atoms with van der Waals surface area (Å²) in [4.78, 5) is 34.5. The van der Waals surface area contributed by atoms with Crippen LogP contribution in [0.1, 0.15) is 49.4 Å². The largest absolute Gasteiger partial charge is 0.366 e. The number of hydrogen-bond acceptors (Lipinski definition) is 8. The Balaban J connectivity index is 1.42. The minimum absolute atomic E-state index is 0.111. The number of nitrogens with one attached hydrogen (secondary N) is 2. The fourth-order valence-electron chi connectivity index (χ4n) is 7.44. The molecule has 1 aliphatic heterocycles. The Labute approximate surface area is 277 Å². The molecule has 1 aliphatic carbocycles. The normalized spacial score (nSPS) is 19.0. The topological polar surface area (TPSA) is 83.6 Å². The van der Waals surface area contributed by atoms with Crippen molar-refractivity contribution in [3.8, 4) is 11.1 Å². The second kappa shape index (κ2) is 14.0. The number of aromatic amines is 1. The Kier molecular flexibility index (Phi) is 9.80. The third-order valence-corrected chi connectivity index (χ3v) is 10.3. The van der Waals surface area contributed by atoms with Gasteiger partial charge in [0.2, 0.25) is 0 Å². The van der Waals surface area contributed by atoms with Crippen LogP contribution in [0.3, 0.4) is 0 Å². The number of piperazine rings is 1. The smallest absolute Gasteiger partial charge is 0.253 e. The number of hydrogen-bond donors (Lipinski definition) is 2. The molecule has 1 aromatic carbocycles. The first-order valence-electron chi connectivity index (χ1n) is 17.0. The van der Waals surface area contributed by atoms with E-state index in [1.54, 1.807) is 12.4 Å². The molecule has 6 rings (SSSR count). The molecule has 0 bridgehead atoms. The van der Waals surface area contributed by atoms with Gasteiger partial charge in [-0.25, -0.2) is 14.4 Å². The molecule has 250 valence electrons. The van der Waals surface area contributed by atoms with Crippen molar-refractivity contribution < 1.29 is 4.39 Å². The van der Waals surface area contributed by atoms with Crippen LogP contribution in [-0.2, 0) is 6.54 Å². The van der Waals surface area contributed by atoms with Crippen molar-refractivity contribution in [2.24, 2.45) is 0 Å². The summed E-state index contributed by atoms with van der Waals surface area (Å²) in [7, 11) is 6.44. The number of anilines is 3. The van der Waals surface area contributed by atoms with Crippen LogP contribution in [-0.4, -0.2) is 90.7 Å². The van der Waals surface area contributed by atoms with Gasteiger partial charge < -0.3 is 29.9 Å². The number of halogens is 1. The highest BCUT2D eigenvalue weighted by Crippen LogP contribution is 2.42. The number of fused-ring (bicyclic) bond motifs is 1. The number of nitrogens with zero attached hydrogens (tertiary/aromatic N) is 6. The van der Waals surface area contributed by atoms with Gasteiger partial charge in [0.15, 0.2) is 5.82 Å². The van der Waals surface area contributed by atoms with E-state index in [1.165, 1.54) is 0 Å². The van der Waals surface area contributed by atoms with Gasteiger partial charge >= 0.3 is 0 Å². The van der Waals surface area contributed by atoms with Crippen molar-refractivity contribution in [3.05, 3.63) is 75.7 Å². The zero-order valence-corrected chi connectivity index (χ0v) is 28.7. The van der Waals surface area contributed by atoms with Gasteiger partial charge in [0, 0.05) is 96.9 Å². The van der Waals surface area contributed by atoms with E-state index in [2.05, 4.69) is 58.0 Å². The first-order valence-corrected chi connectivity index (χ1v) is 17.0. The van der Waals surface area contributed by atoms with Gasteiger partial charge in [0.25, 0.3) is 5.56 Å². The maximum Gasteiger partial charge on any atom is 0.253 e. The first kappa shape index (κ1) is 32.9. The molecule has 2 aliphatic rings. The Morgan fingerprint density at radius 1 is 0.979 bits per heavy atom. The SMILES string of the molecule is CCN(c1c(F)c(-c2ccc(N3CCN(C)CC3)nc2)cc2c(NCc3c(C)cc(C)[nH]c3=O)nccc12)C1CCC(N(C)C)CC1. The highest BCUT2D eigenvalue weighted by Gasteiger charge is 2.30. The Morgan fingerprint density at radius 2 is 1.70 bits per heavy atom. The van der Waals surface area contributed by atoms with Gasteiger partial charge in [-0.3, -0.25) is 4.79 Å². The van der Waals surface area contributed by atoms with Crippen LogP contribution in [0.25, 0.3) is 21.9 Å². The number of pyridine rings is 3. The lowest BCUT2D eigenvalue weighted by molar-refractivity contribution is 0.214. The molecular formula is C37H49FN8O. The average molecular weight is 641 g/mol. The quantitative estimate of drug-likeness (QED) is 0.238. The molecule has 0 unspecified atom stereocenters. The van der Waals surface area contributed by atoms with Crippen molar-refractivity contribution in [1.29, 1.82) is 0 Å². The van der Waals surface area contributed by atoms with Gasteiger partial charge in [-0.05, 0) is 103 Å². The van der Waals surface area contributed by atoms with Crippen LogP contribution in [0, 0.1) is 19.7 Å². The lowest BCUT2D eigenvalue weighted by atomic mass is 9.88. The fraction of sp³-hybridized carbons (Fsp3) is 0.486. The summed E-state index contributed by atoms with van der Waals surface area (Å²) in [5.41, 5.74) is 4.15. The fourth-order valence-corrected chi connectivity index (χ4v) is 7.44. The summed E-state index contributed by atoms with van der Waals surface area (Å²) in [6.45, 7) is 10.8. The molecular weight excluding hydrogens is 591 g/mol. The summed E-state index contributed by atoms with van der Waals surface area (Å²) in [6, 6.07) is 10.6. The monoisotopic (exact) mass is 640 g/mol. The molecule has 10 heteroatoms. The van der Waals surface area contributed by atoms with Crippen molar-refractivity contribution >= 4 is 28.1 Å². The van der Waals surface area contributed by atoms with E-state index >= 15 is 4.39 Å². The van der Waals surface area contributed by atoms with E-state index in [0.29, 0.717) is 41.8 Å². The van der Waals surface area contributed by atoms with Gasteiger partial charge in [-0.15, -0.1) is 0 Å². The van der Waals surface area contributed by atoms with Crippen LogP contribution in [0.15, 0.2) is 47.5 Å². The molecule has 1 saturated heterocycles. The van der Waals surface area contributed by atoms with Crippen LogP contribution < -0.4 is 20.7 Å². The standard InChI is InChI=1S/C37H49FN8O/c1-7-46(28-11-9-27(10-12-28)43(4)5)35-29-14-15-39-36(41-23-32-24(2)20-25(3)42-37(32)47)31(29)21-30(34(35)38)26-8-13-33(40-22-26)45-18-16-44(6)17-19-45/h8,13-15,20-22,27-28H,7,9-12,16-19,23H2,1-6H3,(H,39,41)(H,42,47). The van der Waals surface area contributed by atoms with Crippen molar-refractivity contribution in [2.45, 2.75) is 65.1 Å². The van der Waals surface area contributed by atoms with E-state index in [-0.39, 0.29) is 17.4 Å². The molecule has 2 fully saturated rings. The van der Waals surface area contributed by atoms with Gasteiger partial charge in [0.05, 0.1) is 5.69 Å². The molecule has 3 aromatic heterocycles. The number of H-pyrrole nitrogens is 1. The second-order valence-corrected chi connectivity index (χ2v) is 13.5. The third-order valence-electron chi connectivity index (χ3n) is 10.3. The third kappa shape index (κ3) is 6.85. The molecule has 2 N–H and O–H groups in total. The number of aryl methyl sites for hydroxylation is 2. The van der Waals surface area contributed by atoms with E-state index in [1.807, 2.05) is 44.2 Å². The summed E-state index contributed by atoms with van der Waals surface area (Å²) in [5.74, 6) is 1.31. The van der Waals surface area contributed by atoms with Crippen molar-refractivity contribution in [3.63, 3.8) is 0 Å². The summed E-state index contributed by atoms with van der Waals surface area (Å²) < 4.78 is 17.1. The highest BCUT2D eigenvalue weighted by atomic mass is 19.1. The molecule has 9 nitrogen and oxygen atoms in total. The Bertz CT molecular complexity index is 1760. The predicted octanol–water partition coefficient (Wildman–Crippen LogP) is 5.80. The molecule has 4 aromatic rings. The second-order valence-electron chi connectivity index (χ2n) is 13.5. The number of aromatic nitrogens is 3. The van der Waals surface area contributed by atoms with E-state index in [9.17, 15) is 4.79 Å². The summed E-state index contributed by atoms with van der Waals surface area (Å²) in [6.07, 6.45) is 7.74. The lowest BCUT2D eigenvalue weighted by Crippen LogP contribution is -2.44. The average Bonchev–Trinajstić information content (AvgIpc) is 3.06. The first-order chi connectivity index (χ1) is 22.6. The zero-order chi connectivity index (χ0) is 33.2. The van der Waals surface area contributed by atoms with Crippen molar-refractivity contribution in [1.82, 2.24) is 24.8 Å². The number of rotatable bonds is 9. The Hall–Kier alpha value is -4.02.